The van der Waals surface area contributed by atoms with Gasteiger partial charge in [0.05, 0.1) is 11.5 Å². The van der Waals surface area contributed by atoms with Crippen molar-refractivity contribution in [3.63, 3.8) is 0 Å². The molecule has 172 valence electrons. The maximum atomic E-state index is 10.1. The molecule has 0 bridgehead atoms. The van der Waals surface area contributed by atoms with Crippen molar-refractivity contribution in [2.24, 2.45) is 0 Å². The normalized spacial score (nSPS) is 19.8. The summed E-state index contributed by atoms with van der Waals surface area (Å²) in [7, 11) is 0. The predicted octanol–water partition coefficient (Wildman–Crippen LogP) is 5.50. The Morgan fingerprint density at radius 2 is 1.94 bits per heavy atom. The topological polar surface area (TPSA) is 76.9 Å². The number of nitrogens with zero attached hydrogens (tertiary/aromatic N) is 4. The van der Waals surface area contributed by atoms with Crippen LogP contribution >= 0.6 is 0 Å². The van der Waals surface area contributed by atoms with E-state index in [1.165, 1.54) is 18.4 Å². The zero-order valence-corrected chi connectivity index (χ0v) is 20.3. The minimum atomic E-state index is -0.463. The van der Waals surface area contributed by atoms with Crippen molar-refractivity contribution in [2.75, 3.05) is 29.9 Å². The van der Waals surface area contributed by atoms with Crippen LogP contribution in [0, 0.1) is 11.3 Å². The lowest BCUT2D eigenvalue weighted by Crippen LogP contribution is -2.39. The van der Waals surface area contributed by atoms with E-state index in [2.05, 4.69) is 71.6 Å². The van der Waals surface area contributed by atoms with E-state index in [9.17, 15) is 5.26 Å². The fraction of sp³-hybridized carbons (Fsp3) is 0.577. The number of nitrogens with one attached hydrogen (secondary N) is 2. The molecular weight excluding hydrogens is 396 g/mol. The summed E-state index contributed by atoms with van der Waals surface area (Å²) in [5.41, 5.74) is 1.84. The molecule has 2 N–H and O–H groups in total. The number of nitriles is 1. The quantitative estimate of drug-likeness (QED) is 0.647. The molecular formula is C26H38N6. The largest absolute Gasteiger partial charge is 0.354 e. The zero-order chi connectivity index (χ0) is 23.1. The molecule has 0 saturated carbocycles. The zero-order valence-electron chi connectivity index (χ0n) is 20.3. The van der Waals surface area contributed by atoms with Gasteiger partial charge in [-0.2, -0.15) is 5.26 Å². The molecule has 2 aliphatic heterocycles. The van der Waals surface area contributed by atoms with Gasteiger partial charge in [-0.05, 0) is 87.0 Å². The van der Waals surface area contributed by atoms with Crippen LogP contribution in [-0.4, -0.2) is 35.6 Å². The Kier molecular flexibility index (Phi) is 8.09. The lowest BCUT2D eigenvalue weighted by Gasteiger charge is -2.33. The average Bonchev–Trinajstić information content (AvgIpc) is 3.26. The first-order valence-electron chi connectivity index (χ1n) is 12.1. The molecule has 2 aliphatic rings. The van der Waals surface area contributed by atoms with Gasteiger partial charge in [-0.1, -0.05) is 27.7 Å². The minimum absolute atomic E-state index is 0.436. The van der Waals surface area contributed by atoms with Gasteiger partial charge < -0.3 is 15.5 Å². The van der Waals surface area contributed by atoms with Crippen LogP contribution in [0.1, 0.15) is 77.3 Å². The van der Waals surface area contributed by atoms with Gasteiger partial charge in [0.1, 0.15) is 17.5 Å². The lowest BCUT2D eigenvalue weighted by atomic mass is 9.74. The molecule has 2 aromatic heterocycles. The highest BCUT2D eigenvalue weighted by Crippen LogP contribution is 2.37. The average molecular weight is 435 g/mol. The van der Waals surface area contributed by atoms with E-state index in [1.807, 2.05) is 20.0 Å². The monoisotopic (exact) mass is 434 g/mol. The summed E-state index contributed by atoms with van der Waals surface area (Å²) in [6, 6.07) is 11.5. The van der Waals surface area contributed by atoms with Gasteiger partial charge in [0, 0.05) is 18.8 Å². The summed E-state index contributed by atoms with van der Waals surface area (Å²) in [6.07, 6.45) is 5.85. The van der Waals surface area contributed by atoms with Crippen LogP contribution in [-0.2, 0) is 5.41 Å². The Balaban J connectivity index is 0.00000141. The van der Waals surface area contributed by atoms with E-state index in [-0.39, 0.29) is 0 Å². The molecule has 1 unspecified atom stereocenters. The van der Waals surface area contributed by atoms with E-state index in [0.29, 0.717) is 12.0 Å². The van der Waals surface area contributed by atoms with Gasteiger partial charge >= 0.3 is 0 Å². The molecule has 0 amide bonds. The number of hydrogen-bond acceptors (Lipinski definition) is 6. The van der Waals surface area contributed by atoms with E-state index < -0.39 is 5.41 Å². The van der Waals surface area contributed by atoms with Gasteiger partial charge in [0.25, 0.3) is 0 Å². The van der Waals surface area contributed by atoms with Crippen molar-refractivity contribution in [1.82, 2.24) is 15.3 Å². The lowest BCUT2D eigenvalue weighted by molar-refractivity contribution is 0.382. The maximum Gasteiger partial charge on any atom is 0.134 e. The number of anilines is 3. The van der Waals surface area contributed by atoms with E-state index >= 15 is 0 Å². The first-order valence-corrected chi connectivity index (χ1v) is 12.1. The van der Waals surface area contributed by atoms with E-state index in [0.717, 1.165) is 55.5 Å². The van der Waals surface area contributed by atoms with Crippen molar-refractivity contribution >= 4 is 17.5 Å². The number of hydrogen-bond donors (Lipinski definition) is 2. The number of piperidine rings is 1. The summed E-state index contributed by atoms with van der Waals surface area (Å²) in [5.74, 6) is 2.96. The summed E-state index contributed by atoms with van der Waals surface area (Å²) in [6.45, 7) is 13.4. The van der Waals surface area contributed by atoms with Crippen LogP contribution in [0.3, 0.4) is 0 Å². The second-order valence-electron chi connectivity index (χ2n) is 8.98. The Labute approximate surface area is 193 Å². The molecule has 2 saturated heterocycles. The molecule has 2 aromatic rings. The Morgan fingerprint density at radius 3 is 2.56 bits per heavy atom. The van der Waals surface area contributed by atoms with Crippen molar-refractivity contribution in [3.05, 3.63) is 41.6 Å². The van der Waals surface area contributed by atoms with Gasteiger partial charge in [0.15, 0.2) is 0 Å². The van der Waals surface area contributed by atoms with Gasteiger partial charge in [-0.15, -0.1) is 0 Å². The standard InChI is InChI=1S/C24H32N6.C2H6/c1-17(2)19-6-9-27-21(13-19)28-22-14-20(24(16-25)7-10-26-11-8-24)15-23(29-22)30-12-4-5-18(30)3;1-2/h6,9,13-15,17-18,26H,4-5,7-8,10-12H2,1-3H3,(H,27,28,29);1-2H3. The number of aromatic nitrogens is 2. The molecule has 2 fully saturated rings. The molecule has 4 heterocycles. The molecule has 0 aromatic carbocycles. The number of pyridine rings is 2. The first-order chi connectivity index (χ1) is 15.5. The van der Waals surface area contributed by atoms with Crippen LogP contribution in [0.15, 0.2) is 30.5 Å². The van der Waals surface area contributed by atoms with Crippen LogP contribution in [0.25, 0.3) is 0 Å². The maximum absolute atomic E-state index is 10.1. The Hall–Kier alpha value is -2.65. The third-order valence-corrected chi connectivity index (χ3v) is 6.59. The molecule has 0 spiro atoms. The summed E-state index contributed by atoms with van der Waals surface area (Å²) in [4.78, 5) is 11.8. The first kappa shape index (κ1) is 24.0. The van der Waals surface area contributed by atoms with Crippen molar-refractivity contribution < 1.29 is 0 Å². The molecule has 1 atom stereocenters. The molecule has 4 rings (SSSR count). The fourth-order valence-corrected chi connectivity index (χ4v) is 4.60. The van der Waals surface area contributed by atoms with Gasteiger partial charge in [-0.25, -0.2) is 9.97 Å². The van der Waals surface area contributed by atoms with Crippen LogP contribution in [0.4, 0.5) is 17.5 Å². The van der Waals surface area contributed by atoms with Crippen LogP contribution in [0.2, 0.25) is 0 Å². The smallest absolute Gasteiger partial charge is 0.134 e. The third-order valence-electron chi connectivity index (χ3n) is 6.59. The van der Waals surface area contributed by atoms with E-state index in [1.54, 1.807) is 0 Å². The van der Waals surface area contributed by atoms with E-state index in [4.69, 9.17) is 4.98 Å². The Bertz CT molecular complexity index is 926. The molecule has 6 heteroatoms. The van der Waals surface area contributed by atoms with Gasteiger partial charge in [-0.3, -0.25) is 0 Å². The van der Waals surface area contributed by atoms with Crippen LogP contribution in [0.5, 0.6) is 0 Å². The molecule has 6 nitrogen and oxygen atoms in total. The summed E-state index contributed by atoms with van der Waals surface area (Å²) >= 11 is 0. The third kappa shape index (κ3) is 5.21. The second kappa shape index (κ2) is 10.8. The second-order valence-corrected chi connectivity index (χ2v) is 8.98. The van der Waals surface area contributed by atoms with Crippen molar-refractivity contribution in [2.45, 2.75) is 77.7 Å². The molecule has 0 aliphatic carbocycles. The fourth-order valence-electron chi connectivity index (χ4n) is 4.60. The SMILES string of the molecule is CC.CC(C)c1ccnc(Nc2cc(C3(C#N)CCNCC3)cc(N3CCCC3C)n2)c1. The number of rotatable bonds is 5. The van der Waals surface area contributed by atoms with Crippen molar-refractivity contribution in [3.8, 4) is 6.07 Å². The highest BCUT2D eigenvalue weighted by molar-refractivity contribution is 5.60. The molecule has 32 heavy (non-hydrogen) atoms. The van der Waals surface area contributed by atoms with Crippen LogP contribution < -0.4 is 15.5 Å². The summed E-state index contributed by atoms with van der Waals surface area (Å²) < 4.78 is 0. The van der Waals surface area contributed by atoms with Crippen molar-refractivity contribution in [1.29, 1.82) is 5.26 Å². The van der Waals surface area contributed by atoms with Gasteiger partial charge in [0.2, 0.25) is 0 Å². The summed E-state index contributed by atoms with van der Waals surface area (Å²) in [5, 5.41) is 17.0. The predicted molar refractivity (Wildman–Crippen MR) is 133 cm³/mol. The Morgan fingerprint density at radius 1 is 1.19 bits per heavy atom. The minimum Gasteiger partial charge on any atom is -0.354 e. The highest BCUT2D eigenvalue weighted by Gasteiger charge is 2.35. The molecule has 0 radical (unpaired) electrons. The highest BCUT2D eigenvalue weighted by atomic mass is 15.2.